The molecule has 0 aliphatic heterocycles. The van der Waals surface area contributed by atoms with Crippen LogP contribution in [-0.4, -0.2) is 62.5 Å². The molecule has 6 aromatic rings. The Hall–Kier alpha value is -1.44. The van der Waals surface area contributed by atoms with Crippen molar-refractivity contribution in [2.24, 2.45) is 11.7 Å². The standard InChI is InChI=1S/C11H12N2O6S2.C10H11N3O7S2.2C7H8.4Na.H2O/c1-6-2-8(20(14,15)16)3-7-4-11(21(17,18)19)10(13-12)5-9(6)7;11-6-3-5(21(15,16)17)1-4-2-7(22(18,19)20)9(13-12)10(14)8(4)6;2*1-7-5-3-2-4-6-7;;;;;/h2-5,13H,12H2,1H3,(H,14,15,16)(H,17,18,19);1-3,13-14H,11-12H2,(H,15,16,17)(H,18,19,20);2*2-6H,1H3;;;;;1H2/q;;;;4*+1;/p-4. The number of nitrogens with two attached hydrogens (primary N) is 3. The average molecular weight is 972 g/mol. The number of hydrogen-bond acceptors (Lipinski definition) is 18. The Morgan fingerprint density at radius 2 is 0.935 bits per heavy atom. The van der Waals surface area contributed by atoms with E-state index in [2.05, 4.69) is 43.5 Å². The molecule has 19 nitrogen and oxygen atoms in total. The number of anilines is 3. The van der Waals surface area contributed by atoms with Crippen LogP contribution in [-0.2, 0) is 40.5 Å². The molecule has 0 unspecified atom stereocenters. The summed E-state index contributed by atoms with van der Waals surface area (Å²) in [6.07, 6.45) is 0. The molecule has 0 aliphatic carbocycles. The maximum Gasteiger partial charge on any atom is 1.00 e. The number of phenolic OH excluding ortho intramolecular Hbond substituents is 1. The van der Waals surface area contributed by atoms with Crippen molar-refractivity contribution in [3.05, 3.63) is 120 Å². The van der Waals surface area contributed by atoms with E-state index in [1.165, 1.54) is 17.2 Å². The predicted molar refractivity (Wildman–Crippen MR) is 212 cm³/mol. The molecule has 0 saturated heterocycles. The molecule has 0 saturated carbocycles. The van der Waals surface area contributed by atoms with Gasteiger partial charge in [0.15, 0.2) is 5.75 Å². The first-order valence-electron chi connectivity index (χ1n) is 15.8. The van der Waals surface area contributed by atoms with Gasteiger partial charge in [-0.2, -0.15) is 0 Å². The van der Waals surface area contributed by atoms with Gasteiger partial charge < -0.3 is 45.4 Å². The van der Waals surface area contributed by atoms with Crippen LogP contribution in [0.1, 0.15) is 16.7 Å². The van der Waals surface area contributed by atoms with Crippen molar-refractivity contribution in [1.82, 2.24) is 0 Å². The number of phenols is 1. The van der Waals surface area contributed by atoms with Gasteiger partial charge in [0.1, 0.15) is 46.2 Å². The molecule has 0 radical (unpaired) electrons. The van der Waals surface area contributed by atoms with Gasteiger partial charge in [-0.3, -0.25) is 11.7 Å². The van der Waals surface area contributed by atoms with E-state index in [1.54, 1.807) is 6.92 Å². The fourth-order valence-electron chi connectivity index (χ4n) is 5.06. The SMILES string of the molecule is Cc1cc(S(=O)(=O)[O-])cc2cc(S(=O)(=O)[O-])c(NN)cc12.Cc1ccccc1.Cc1ccccc1.NNc1c(S(=O)(=O)[O-])cc2cc(S(=O)(=O)[O-])cc(N)c2c1O.O.[Na+].[Na+].[Na+].[Na+]. The number of hydrogen-bond donors (Lipinski definition) is 6. The van der Waals surface area contributed by atoms with Crippen LogP contribution in [0.25, 0.3) is 21.5 Å². The van der Waals surface area contributed by atoms with Crippen LogP contribution in [0.3, 0.4) is 0 Å². The molecule has 0 bridgehead atoms. The Morgan fingerprint density at radius 3 is 1.29 bits per heavy atom. The van der Waals surface area contributed by atoms with E-state index in [1.807, 2.05) is 41.8 Å². The topological polar surface area (TPSA) is 383 Å². The van der Waals surface area contributed by atoms with Gasteiger partial charge in [0.25, 0.3) is 0 Å². The number of benzene rings is 6. The molecule has 0 heterocycles. The summed E-state index contributed by atoms with van der Waals surface area (Å²) in [5.41, 5.74) is 11.6. The molecule has 0 fully saturated rings. The second-order valence-electron chi connectivity index (χ2n) is 11.9. The van der Waals surface area contributed by atoms with Crippen molar-refractivity contribution in [3.8, 4) is 5.75 Å². The monoisotopic (exact) mass is 971 g/mol. The Kier molecular flexibility index (Phi) is 28.5. The van der Waals surface area contributed by atoms with Crippen LogP contribution in [0.4, 0.5) is 17.1 Å². The van der Waals surface area contributed by atoms with Crippen LogP contribution < -0.4 is 146 Å². The van der Waals surface area contributed by atoms with Gasteiger partial charge >= 0.3 is 118 Å². The molecule has 62 heavy (non-hydrogen) atoms. The number of nitrogen functional groups attached to an aromatic ring is 3. The first-order chi connectivity index (χ1) is 26.3. The van der Waals surface area contributed by atoms with Gasteiger partial charge in [-0.05, 0) is 85.0 Å². The van der Waals surface area contributed by atoms with E-state index in [4.69, 9.17) is 17.4 Å². The molecule has 0 aliphatic rings. The third-order valence-electron chi connectivity index (χ3n) is 7.71. The first kappa shape index (κ1) is 64.8. The van der Waals surface area contributed by atoms with Crippen molar-refractivity contribution in [3.63, 3.8) is 0 Å². The van der Waals surface area contributed by atoms with Crippen molar-refractivity contribution >= 4 is 79.1 Å². The van der Waals surface area contributed by atoms with E-state index in [0.29, 0.717) is 10.9 Å². The molecule has 11 N–H and O–H groups in total. The molecular formula is C35H37N5Na4O14S4. The zero-order chi connectivity index (χ0) is 43.1. The van der Waals surface area contributed by atoms with E-state index in [0.717, 1.165) is 36.4 Å². The summed E-state index contributed by atoms with van der Waals surface area (Å²) in [6.45, 7) is 5.71. The fraction of sp³-hybridized carbons (Fsp3) is 0.0857. The number of fused-ring (bicyclic) bond motifs is 2. The number of rotatable bonds is 6. The minimum absolute atomic E-state index is 0. The summed E-state index contributed by atoms with van der Waals surface area (Å²) in [4.78, 5) is -2.79. The number of nitrogens with one attached hydrogen (secondary N) is 2. The second-order valence-corrected chi connectivity index (χ2v) is 17.4. The fourth-order valence-corrected chi connectivity index (χ4v) is 7.53. The predicted octanol–water partition coefficient (Wildman–Crippen LogP) is -9.36. The van der Waals surface area contributed by atoms with E-state index in [-0.39, 0.29) is 151 Å². The summed E-state index contributed by atoms with van der Waals surface area (Å²) in [7, 11) is -19.4. The van der Waals surface area contributed by atoms with E-state index < -0.39 is 71.5 Å². The van der Waals surface area contributed by atoms with Gasteiger partial charge in [0.05, 0.1) is 25.3 Å². The second kappa shape index (κ2) is 27.3. The summed E-state index contributed by atoms with van der Waals surface area (Å²) >= 11 is 0. The number of aryl methyl sites for hydroxylation is 3. The van der Waals surface area contributed by atoms with Crippen LogP contribution in [0, 0.1) is 20.8 Å². The molecule has 314 valence electrons. The van der Waals surface area contributed by atoms with Crippen molar-refractivity contribution < 1.29 is 181 Å². The Balaban J connectivity index is -0.000000806. The van der Waals surface area contributed by atoms with Gasteiger partial charge in [-0.1, -0.05) is 71.8 Å². The third kappa shape index (κ3) is 18.4. The molecule has 0 aromatic heterocycles. The molecule has 6 aromatic carbocycles. The minimum Gasteiger partial charge on any atom is -0.744 e. The van der Waals surface area contributed by atoms with Crippen LogP contribution in [0.15, 0.2) is 123 Å². The van der Waals surface area contributed by atoms with Gasteiger partial charge in [-0.25, -0.2) is 33.7 Å². The van der Waals surface area contributed by atoms with Crippen molar-refractivity contribution in [1.29, 1.82) is 0 Å². The van der Waals surface area contributed by atoms with E-state index in [9.17, 15) is 57.0 Å². The van der Waals surface area contributed by atoms with Crippen LogP contribution in [0.2, 0.25) is 0 Å². The number of hydrazine groups is 2. The van der Waals surface area contributed by atoms with Gasteiger partial charge in [0.2, 0.25) is 0 Å². The van der Waals surface area contributed by atoms with E-state index >= 15 is 0 Å². The maximum atomic E-state index is 11.2. The quantitative estimate of drug-likeness (QED) is 0.0225. The summed E-state index contributed by atoms with van der Waals surface area (Å²) in [5, 5.41) is 10.2. The summed E-state index contributed by atoms with van der Waals surface area (Å²) in [5.74, 6) is 9.51. The van der Waals surface area contributed by atoms with Crippen molar-refractivity contribution in [2.75, 3.05) is 16.6 Å². The summed E-state index contributed by atoms with van der Waals surface area (Å²) < 4.78 is 133. The zero-order valence-corrected chi connectivity index (χ0v) is 45.8. The van der Waals surface area contributed by atoms with Gasteiger partial charge in [-0.15, -0.1) is 0 Å². The van der Waals surface area contributed by atoms with Crippen LogP contribution >= 0.6 is 0 Å². The minimum atomic E-state index is -5.04. The molecule has 6 rings (SSSR count). The molecule has 0 atom stereocenters. The summed E-state index contributed by atoms with van der Waals surface area (Å²) in [6, 6.07) is 27.3. The Morgan fingerprint density at radius 1 is 0.532 bits per heavy atom. The zero-order valence-electron chi connectivity index (χ0n) is 34.5. The molecule has 0 amide bonds. The van der Waals surface area contributed by atoms with Gasteiger partial charge in [0, 0.05) is 11.1 Å². The molecule has 0 spiro atoms. The Bertz CT molecular complexity index is 2850. The van der Waals surface area contributed by atoms with Crippen LogP contribution in [0.5, 0.6) is 5.75 Å². The first-order valence-corrected chi connectivity index (χ1v) is 21.4. The normalized spacial score (nSPS) is 10.7. The Labute approximate surface area is 448 Å². The third-order valence-corrected chi connectivity index (χ3v) is 11.1. The molecular weight excluding hydrogens is 935 g/mol. The maximum absolute atomic E-state index is 11.2. The largest absolute Gasteiger partial charge is 1.00 e. The smallest absolute Gasteiger partial charge is 0.744 e. The molecule has 27 heteroatoms. The van der Waals surface area contributed by atoms with Crippen molar-refractivity contribution in [2.45, 2.75) is 40.4 Å². The number of aromatic hydroxyl groups is 1. The average Bonchev–Trinajstić information content (AvgIpc) is 3.10.